The van der Waals surface area contributed by atoms with Gasteiger partial charge in [0.05, 0.1) is 24.7 Å². The summed E-state index contributed by atoms with van der Waals surface area (Å²) in [4.78, 5) is 4.72. The Balaban J connectivity index is 0.00000324. The molecule has 1 heterocycles. The van der Waals surface area contributed by atoms with Crippen molar-refractivity contribution in [1.82, 2.24) is 9.80 Å². The Morgan fingerprint density at radius 2 is 0.947 bits per heavy atom. The summed E-state index contributed by atoms with van der Waals surface area (Å²) < 4.78 is 11.6. The SMILES string of the molecule is C.CC(C)(C)OCN1CCN(COC(C)(C)C)CC1. The van der Waals surface area contributed by atoms with Crippen LogP contribution in [0.15, 0.2) is 0 Å². The number of hydrogen-bond donors (Lipinski definition) is 0. The maximum atomic E-state index is 5.79. The lowest BCUT2D eigenvalue weighted by molar-refractivity contribution is -0.1000. The van der Waals surface area contributed by atoms with Crippen molar-refractivity contribution in [2.75, 3.05) is 39.6 Å². The van der Waals surface area contributed by atoms with Crippen LogP contribution < -0.4 is 0 Å². The molecule has 1 aliphatic heterocycles. The molecule has 0 aliphatic carbocycles. The smallest absolute Gasteiger partial charge is 0.0998 e. The van der Waals surface area contributed by atoms with Gasteiger partial charge in [-0.05, 0) is 41.5 Å². The topological polar surface area (TPSA) is 24.9 Å². The van der Waals surface area contributed by atoms with Crippen LogP contribution in [0.5, 0.6) is 0 Å². The van der Waals surface area contributed by atoms with E-state index in [9.17, 15) is 0 Å². The fourth-order valence-corrected chi connectivity index (χ4v) is 1.62. The molecule has 1 rings (SSSR count). The maximum Gasteiger partial charge on any atom is 0.0998 e. The second kappa shape index (κ2) is 7.58. The van der Waals surface area contributed by atoms with Gasteiger partial charge in [-0.1, -0.05) is 7.43 Å². The van der Waals surface area contributed by atoms with E-state index in [0.717, 1.165) is 39.6 Å². The third-order valence-electron chi connectivity index (χ3n) is 2.83. The van der Waals surface area contributed by atoms with E-state index >= 15 is 0 Å². The molecule has 4 nitrogen and oxygen atoms in total. The molecule has 1 saturated heterocycles. The molecule has 0 spiro atoms. The molecule has 0 amide bonds. The average molecular weight is 274 g/mol. The highest BCUT2D eigenvalue weighted by Crippen LogP contribution is 2.11. The molecule has 0 radical (unpaired) electrons. The zero-order valence-corrected chi connectivity index (χ0v) is 13.0. The first-order chi connectivity index (χ1) is 8.16. The first kappa shape index (κ1) is 18.8. The van der Waals surface area contributed by atoms with Crippen LogP contribution in [0.3, 0.4) is 0 Å². The molecule has 0 atom stereocenters. The summed E-state index contributed by atoms with van der Waals surface area (Å²) in [5.41, 5.74) is -0.0983. The third-order valence-corrected chi connectivity index (χ3v) is 2.83. The van der Waals surface area contributed by atoms with Gasteiger partial charge in [-0.15, -0.1) is 0 Å². The van der Waals surface area contributed by atoms with Crippen molar-refractivity contribution < 1.29 is 9.47 Å². The van der Waals surface area contributed by atoms with Crippen LogP contribution in [0, 0.1) is 0 Å². The number of piperazine rings is 1. The van der Waals surface area contributed by atoms with Crippen LogP contribution in [0.4, 0.5) is 0 Å². The Kier molecular flexibility index (Phi) is 7.51. The van der Waals surface area contributed by atoms with Crippen molar-refractivity contribution in [3.63, 3.8) is 0 Å². The molecule has 0 saturated carbocycles. The number of hydrogen-bond acceptors (Lipinski definition) is 4. The van der Waals surface area contributed by atoms with E-state index in [-0.39, 0.29) is 18.6 Å². The van der Waals surface area contributed by atoms with Crippen molar-refractivity contribution in [2.24, 2.45) is 0 Å². The lowest BCUT2D eigenvalue weighted by Crippen LogP contribution is -2.49. The van der Waals surface area contributed by atoms with E-state index in [1.54, 1.807) is 0 Å². The Bertz CT molecular complexity index is 210. The normalized spacial score (nSPS) is 19.3. The zero-order chi connectivity index (χ0) is 13.8. The highest BCUT2D eigenvalue weighted by Gasteiger charge is 2.20. The molecule has 0 N–H and O–H groups in total. The molecular formula is C15H34N2O2. The zero-order valence-electron chi connectivity index (χ0n) is 13.0. The molecule has 0 unspecified atom stereocenters. The Morgan fingerprint density at radius 3 is 1.16 bits per heavy atom. The van der Waals surface area contributed by atoms with E-state index in [1.807, 2.05) is 0 Å². The highest BCUT2D eigenvalue weighted by molar-refractivity contribution is 4.70. The van der Waals surface area contributed by atoms with Gasteiger partial charge in [-0.25, -0.2) is 0 Å². The Morgan fingerprint density at radius 1 is 0.684 bits per heavy atom. The fourth-order valence-electron chi connectivity index (χ4n) is 1.62. The van der Waals surface area contributed by atoms with Gasteiger partial charge in [0.1, 0.15) is 0 Å². The summed E-state index contributed by atoms with van der Waals surface area (Å²) in [6.07, 6.45) is 0. The molecule has 1 aliphatic rings. The van der Waals surface area contributed by atoms with Crippen molar-refractivity contribution in [3.8, 4) is 0 Å². The van der Waals surface area contributed by atoms with Crippen molar-refractivity contribution in [2.45, 2.75) is 60.2 Å². The first-order valence-corrected chi connectivity index (χ1v) is 6.88. The van der Waals surface area contributed by atoms with Gasteiger partial charge in [0, 0.05) is 26.2 Å². The van der Waals surface area contributed by atoms with Crippen molar-refractivity contribution >= 4 is 0 Å². The van der Waals surface area contributed by atoms with Crippen LogP contribution in [-0.2, 0) is 9.47 Å². The molecule has 0 aromatic heterocycles. The summed E-state index contributed by atoms with van der Waals surface area (Å²) in [7, 11) is 0. The van der Waals surface area contributed by atoms with Gasteiger partial charge in [0.25, 0.3) is 0 Å². The summed E-state index contributed by atoms with van der Waals surface area (Å²) in [5, 5.41) is 0. The van der Waals surface area contributed by atoms with E-state index < -0.39 is 0 Å². The minimum absolute atomic E-state index is 0. The van der Waals surface area contributed by atoms with Gasteiger partial charge >= 0.3 is 0 Å². The van der Waals surface area contributed by atoms with Gasteiger partial charge in [0.15, 0.2) is 0 Å². The standard InChI is InChI=1S/C14H30N2O2.CH4/c1-13(2,3)17-11-15-7-9-16(10-8-15)12-18-14(4,5)6;/h7-12H2,1-6H3;1H4. The molecule has 19 heavy (non-hydrogen) atoms. The molecule has 4 heteroatoms. The maximum absolute atomic E-state index is 5.79. The van der Waals surface area contributed by atoms with E-state index in [1.165, 1.54) is 0 Å². The fraction of sp³-hybridized carbons (Fsp3) is 1.00. The lowest BCUT2D eigenvalue weighted by atomic mass is 10.2. The minimum Gasteiger partial charge on any atom is -0.360 e. The highest BCUT2D eigenvalue weighted by atomic mass is 16.5. The molecule has 116 valence electrons. The third kappa shape index (κ3) is 9.38. The van der Waals surface area contributed by atoms with E-state index in [4.69, 9.17) is 9.47 Å². The second-order valence-electron chi connectivity index (χ2n) is 7.01. The van der Waals surface area contributed by atoms with Gasteiger partial charge in [-0.3, -0.25) is 9.80 Å². The monoisotopic (exact) mass is 274 g/mol. The van der Waals surface area contributed by atoms with Crippen LogP contribution in [-0.4, -0.2) is 60.6 Å². The predicted octanol–water partition coefficient (Wildman–Crippen LogP) is 2.79. The summed E-state index contributed by atoms with van der Waals surface area (Å²) in [5.74, 6) is 0. The Hall–Kier alpha value is -0.160. The lowest BCUT2D eigenvalue weighted by Gasteiger charge is -2.36. The number of nitrogens with zero attached hydrogens (tertiary/aromatic N) is 2. The van der Waals surface area contributed by atoms with Crippen LogP contribution >= 0.6 is 0 Å². The molecule has 1 fully saturated rings. The second-order valence-corrected chi connectivity index (χ2v) is 7.01. The first-order valence-electron chi connectivity index (χ1n) is 6.88. The van der Waals surface area contributed by atoms with Gasteiger partial charge in [-0.2, -0.15) is 0 Å². The molecular weight excluding hydrogens is 240 g/mol. The molecule has 0 bridgehead atoms. The molecule has 0 aromatic carbocycles. The average Bonchev–Trinajstić information content (AvgIpc) is 2.23. The van der Waals surface area contributed by atoms with Crippen molar-refractivity contribution in [1.29, 1.82) is 0 Å². The quantitative estimate of drug-likeness (QED) is 0.787. The van der Waals surface area contributed by atoms with Crippen molar-refractivity contribution in [3.05, 3.63) is 0 Å². The summed E-state index contributed by atoms with van der Waals surface area (Å²) >= 11 is 0. The summed E-state index contributed by atoms with van der Waals surface area (Å²) in [6, 6.07) is 0. The van der Waals surface area contributed by atoms with Crippen LogP contribution in [0.2, 0.25) is 0 Å². The van der Waals surface area contributed by atoms with Gasteiger partial charge in [0.2, 0.25) is 0 Å². The predicted molar refractivity (Wildman–Crippen MR) is 81.3 cm³/mol. The van der Waals surface area contributed by atoms with Gasteiger partial charge < -0.3 is 9.47 Å². The molecule has 0 aromatic rings. The number of rotatable bonds is 4. The minimum atomic E-state index is -0.0491. The largest absolute Gasteiger partial charge is 0.360 e. The van der Waals surface area contributed by atoms with E-state index in [2.05, 4.69) is 51.3 Å². The Labute approximate surface area is 120 Å². The van der Waals surface area contributed by atoms with E-state index in [0.29, 0.717) is 0 Å². The number of ether oxygens (including phenoxy) is 2. The summed E-state index contributed by atoms with van der Waals surface area (Å²) in [6.45, 7) is 18.3. The van der Waals surface area contributed by atoms with Crippen LogP contribution in [0.25, 0.3) is 0 Å². The van der Waals surface area contributed by atoms with Crippen LogP contribution in [0.1, 0.15) is 49.0 Å².